The van der Waals surface area contributed by atoms with E-state index < -0.39 is 10.0 Å². The molecule has 2 aromatic heterocycles. The molecule has 0 bridgehead atoms. The molecule has 1 aliphatic carbocycles. The lowest BCUT2D eigenvalue weighted by atomic mass is 9.80. The molecule has 1 saturated heterocycles. The predicted octanol–water partition coefficient (Wildman–Crippen LogP) is 3.86. The third kappa shape index (κ3) is 4.45. The van der Waals surface area contributed by atoms with Crippen molar-refractivity contribution in [2.45, 2.75) is 31.1 Å². The zero-order valence-electron chi connectivity index (χ0n) is 18.8. The van der Waals surface area contributed by atoms with Gasteiger partial charge in [0.25, 0.3) is 5.91 Å². The van der Waals surface area contributed by atoms with Crippen molar-refractivity contribution in [1.29, 1.82) is 0 Å². The second-order valence-electron chi connectivity index (χ2n) is 8.94. The summed E-state index contributed by atoms with van der Waals surface area (Å²) >= 11 is 1.44. The van der Waals surface area contributed by atoms with Gasteiger partial charge in [0.15, 0.2) is 0 Å². The summed E-state index contributed by atoms with van der Waals surface area (Å²) < 4.78 is 34.2. The van der Waals surface area contributed by atoms with Gasteiger partial charge in [-0.15, -0.1) is 11.3 Å². The van der Waals surface area contributed by atoms with Crippen molar-refractivity contribution in [2.24, 2.45) is 11.3 Å². The first-order chi connectivity index (χ1) is 16.4. The number of thiazole rings is 1. The monoisotopic (exact) mass is 498 g/mol. The van der Waals surface area contributed by atoms with E-state index in [1.807, 2.05) is 6.92 Å². The Morgan fingerprint density at radius 3 is 2.65 bits per heavy atom. The fraction of sp³-hybridized carbons (Fsp3) is 0.375. The van der Waals surface area contributed by atoms with Crippen LogP contribution in [0.15, 0.2) is 59.1 Å². The lowest BCUT2D eigenvalue weighted by molar-refractivity contribution is 0.0921. The molecule has 1 amide bonds. The Balaban J connectivity index is 1.28. The number of nitrogens with one attached hydrogen (secondary N) is 1. The van der Waals surface area contributed by atoms with Gasteiger partial charge < -0.3 is 10.1 Å². The van der Waals surface area contributed by atoms with Crippen LogP contribution in [0.2, 0.25) is 0 Å². The number of carbonyl (C=O) groups is 1. The first-order valence-electron chi connectivity index (χ1n) is 11.2. The number of fused-ring (bicyclic) bond motifs is 1. The van der Waals surface area contributed by atoms with Gasteiger partial charge in [-0.1, -0.05) is 6.42 Å². The van der Waals surface area contributed by atoms with Crippen LogP contribution in [0.5, 0.6) is 11.5 Å². The van der Waals surface area contributed by atoms with E-state index in [1.165, 1.54) is 11.3 Å². The van der Waals surface area contributed by atoms with Gasteiger partial charge in [-0.05, 0) is 62.1 Å². The van der Waals surface area contributed by atoms with Crippen LogP contribution in [0.25, 0.3) is 0 Å². The topological polar surface area (TPSA) is 101 Å². The summed E-state index contributed by atoms with van der Waals surface area (Å²) in [6.45, 7) is 3.21. The van der Waals surface area contributed by atoms with Crippen molar-refractivity contribution in [3.05, 3.63) is 64.9 Å². The molecule has 0 radical (unpaired) electrons. The second-order valence-corrected chi connectivity index (χ2v) is 11.9. The summed E-state index contributed by atoms with van der Waals surface area (Å²) in [5, 5.41) is 5.62. The highest BCUT2D eigenvalue weighted by molar-refractivity contribution is 7.89. The summed E-state index contributed by atoms with van der Waals surface area (Å²) in [7, 11) is -3.65. The van der Waals surface area contributed by atoms with Crippen molar-refractivity contribution in [3.63, 3.8) is 0 Å². The van der Waals surface area contributed by atoms with E-state index in [1.54, 1.807) is 58.5 Å². The third-order valence-corrected chi connectivity index (χ3v) is 9.41. The zero-order chi connectivity index (χ0) is 23.8. The van der Waals surface area contributed by atoms with Crippen LogP contribution in [0.1, 0.15) is 34.8 Å². The summed E-state index contributed by atoms with van der Waals surface area (Å²) in [5.41, 5.74) is 0.183. The molecule has 10 heteroatoms. The summed E-state index contributed by atoms with van der Waals surface area (Å²) in [6.07, 6.45) is 6.18. The van der Waals surface area contributed by atoms with Gasteiger partial charge in [-0.2, -0.15) is 4.31 Å². The molecule has 2 fully saturated rings. The first-order valence-corrected chi connectivity index (χ1v) is 13.6. The Morgan fingerprint density at radius 1 is 1.21 bits per heavy atom. The Labute approximate surface area is 203 Å². The van der Waals surface area contributed by atoms with E-state index in [-0.39, 0.29) is 22.1 Å². The number of benzene rings is 1. The largest absolute Gasteiger partial charge is 0.457 e. The second kappa shape index (κ2) is 9.09. The number of aryl methyl sites for hydroxylation is 1. The fourth-order valence-corrected chi connectivity index (χ4v) is 7.20. The van der Waals surface area contributed by atoms with E-state index in [9.17, 15) is 13.2 Å². The molecular weight excluding hydrogens is 472 g/mol. The van der Waals surface area contributed by atoms with Gasteiger partial charge >= 0.3 is 0 Å². The highest BCUT2D eigenvalue weighted by atomic mass is 32.2. The molecule has 178 valence electrons. The van der Waals surface area contributed by atoms with E-state index in [4.69, 9.17) is 4.74 Å². The minimum atomic E-state index is -3.65. The van der Waals surface area contributed by atoms with Gasteiger partial charge in [0.1, 0.15) is 17.2 Å². The maximum absolute atomic E-state index is 13.4. The van der Waals surface area contributed by atoms with Gasteiger partial charge in [-0.25, -0.2) is 13.4 Å². The number of nitrogens with zero attached hydrogens (tertiary/aromatic N) is 3. The molecule has 2 aliphatic rings. The molecule has 8 nitrogen and oxygen atoms in total. The number of carbonyl (C=O) groups excluding carboxylic acids is 1. The fourth-order valence-electron chi connectivity index (χ4n) is 5.02. The number of rotatable bonds is 7. The van der Waals surface area contributed by atoms with Gasteiger partial charge in [-0.3, -0.25) is 9.78 Å². The summed E-state index contributed by atoms with van der Waals surface area (Å²) in [6, 6.07) is 9.97. The van der Waals surface area contributed by atoms with Crippen molar-refractivity contribution in [1.82, 2.24) is 19.6 Å². The SMILES string of the molecule is Cc1nc(C(=O)NC[C@@]23CCC[C@H]2CN(S(=O)(=O)c2ccc(Oc4ccncc4)cc2)C3)cs1. The summed E-state index contributed by atoms with van der Waals surface area (Å²) in [4.78, 5) is 21.0. The maximum atomic E-state index is 13.4. The minimum absolute atomic E-state index is 0.199. The van der Waals surface area contributed by atoms with E-state index in [0.29, 0.717) is 36.8 Å². The number of ether oxygens (including phenoxy) is 1. The molecule has 1 N–H and O–H groups in total. The lowest BCUT2D eigenvalue weighted by Gasteiger charge is -2.29. The van der Waals surface area contributed by atoms with Crippen LogP contribution in [0.4, 0.5) is 0 Å². The quantitative estimate of drug-likeness (QED) is 0.531. The van der Waals surface area contributed by atoms with Crippen molar-refractivity contribution in [3.8, 4) is 11.5 Å². The standard InChI is InChI=1S/C24H26N4O4S2/c1-17-27-22(14-33-17)23(29)26-15-24-10-2-3-18(24)13-28(16-24)34(30,31)21-6-4-19(5-7-21)32-20-8-11-25-12-9-20/h4-9,11-12,14,18H,2-3,10,13,15-16H2,1H3,(H,26,29)/t18-,24+/m0/s1. The smallest absolute Gasteiger partial charge is 0.270 e. The number of hydrogen-bond acceptors (Lipinski definition) is 7. The van der Waals surface area contributed by atoms with E-state index >= 15 is 0 Å². The van der Waals surface area contributed by atoms with Crippen LogP contribution in [-0.2, 0) is 10.0 Å². The van der Waals surface area contributed by atoms with Crippen LogP contribution in [0, 0.1) is 18.3 Å². The Hall–Kier alpha value is -2.82. The Bertz CT molecular complexity index is 1280. The average molecular weight is 499 g/mol. The number of aromatic nitrogens is 2. The van der Waals surface area contributed by atoms with Crippen LogP contribution >= 0.6 is 11.3 Å². The molecule has 1 aliphatic heterocycles. The molecule has 3 aromatic rings. The molecule has 2 atom stereocenters. The molecule has 1 saturated carbocycles. The van der Waals surface area contributed by atoms with E-state index in [0.717, 1.165) is 24.3 Å². The normalized spacial score (nSPS) is 22.4. The number of pyridine rings is 1. The minimum Gasteiger partial charge on any atom is -0.457 e. The van der Waals surface area contributed by atoms with Crippen molar-refractivity contribution in [2.75, 3.05) is 19.6 Å². The maximum Gasteiger partial charge on any atom is 0.270 e. The van der Waals surface area contributed by atoms with Gasteiger partial charge in [0, 0.05) is 42.8 Å². The molecule has 0 unspecified atom stereocenters. The Kier molecular flexibility index (Phi) is 6.13. The van der Waals surface area contributed by atoms with E-state index in [2.05, 4.69) is 15.3 Å². The molecule has 34 heavy (non-hydrogen) atoms. The van der Waals surface area contributed by atoms with Gasteiger partial charge in [0.05, 0.1) is 9.90 Å². The highest BCUT2D eigenvalue weighted by Gasteiger charge is 2.52. The number of sulfonamides is 1. The molecule has 0 spiro atoms. The Morgan fingerprint density at radius 2 is 1.94 bits per heavy atom. The molecular formula is C24H26N4O4S2. The van der Waals surface area contributed by atoms with Crippen molar-refractivity contribution >= 4 is 27.3 Å². The average Bonchev–Trinajstić information content (AvgIpc) is 3.53. The molecule has 1 aromatic carbocycles. The van der Waals surface area contributed by atoms with Gasteiger partial charge in [0.2, 0.25) is 10.0 Å². The summed E-state index contributed by atoms with van der Waals surface area (Å²) in [5.74, 6) is 1.22. The predicted molar refractivity (Wildman–Crippen MR) is 128 cm³/mol. The third-order valence-electron chi connectivity index (χ3n) is 6.81. The molecule has 5 rings (SSSR count). The number of hydrogen-bond donors (Lipinski definition) is 1. The first kappa shape index (κ1) is 22.9. The zero-order valence-corrected chi connectivity index (χ0v) is 20.4. The van der Waals surface area contributed by atoms with Crippen molar-refractivity contribution < 1.29 is 17.9 Å². The highest BCUT2D eigenvalue weighted by Crippen LogP contribution is 2.49. The lowest BCUT2D eigenvalue weighted by Crippen LogP contribution is -2.41. The van der Waals surface area contributed by atoms with Crippen LogP contribution < -0.4 is 10.1 Å². The number of amides is 1. The molecule has 3 heterocycles. The van der Waals surface area contributed by atoms with Crippen LogP contribution in [0.3, 0.4) is 0 Å². The van der Waals surface area contributed by atoms with Crippen LogP contribution in [-0.4, -0.2) is 48.2 Å².